The Morgan fingerprint density at radius 2 is 2.00 bits per heavy atom. The van der Waals surface area contributed by atoms with Gasteiger partial charge in [0, 0.05) is 18.1 Å². The number of carbonyl (C=O) groups excluding carboxylic acids is 1. The molecule has 2 unspecified atom stereocenters. The molecule has 0 radical (unpaired) electrons. The lowest BCUT2D eigenvalue weighted by molar-refractivity contribution is -0.122. The molecular weight excluding hydrogens is 202 g/mol. The van der Waals surface area contributed by atoms with Crippen molar-refractivity contribution in [1.82, 2.24) is 10.2 Å². The van der Waals surface area contributed by atoms with Crippen molar-refractivity contribution in [1.29, 1.82) is 0 Å². The van der Waals surface area contributed by atoms with E-state index in [2.05, 4.69) is 10.2 Å². The van der Waals surface area contributed by atoms with Crippen LogP contribution < -0.4 is 11.1 Å². The molecule has 0 aromatic rings. The smallest absolute Gasteiger partial charge is 0.234 e. The Bertz CT molecular complexity index is 253. The lowest BCUT2D eigenvalue weighted by atomic mass is 9.90. The number of nitrogens with two attached hydrogens (primary N) is 1. The van der Waals surface area contributed by atoms with Crippen molar-refractivity contribution in [2.45, 2.75) is 56.7 Å². The number of amides is 1. The minimum absolute atomic E-state index is 0.155. The van der Waals surface area contributed by atoms with Gasteiger partial charge in [0.2, 0.25) is 5.91 Å². The maximum Gasteiger partial charge on any atom is 0.234 e. The average molecular weight is 225 g/mol. The summed E-state index contributed by atoms with van der Waals surface area (Å²) in [5, 5.41) is 3.02. The zero-order valence-corrected chi connectivity index (χ0v) is 10.1. The molecule has 0 aromatic heterocycles. The van der Waals surface area contributed by atoms with Gasteiger partial charge in [0.25, 0.3) is 0 Å². The maximum absolute atomic E-state index is 11.7. The highest BCUT2D eigenvalue weighted by Crippen LogP contribution is 2.21. The molecule has 2 aliphatic carbocycles. The molecule has 92 valence electrons. The fourth-order valence-electron chi connectivity index (χ4n) is 2.53. The summed E-state index contributed by atoms with van der Waals surface area (Å²) in [6.07, 6.45) is 7.01. The molecule has 0 aromatic carbocycles. The number of hydrogen-bond donors (Lipinski definition) is 2. The van der Waals surface area contributed by atoms with Crippen LogP contribution >= 0.6 is 0 Å². The van der Waals surface area contributed by atoms with Crippen LogP contribution in [-0.4, -0.2) is 42.5 Å². The van der Waals surface area contributed by atoms with Crippen LogP contribution in [0, 0.1) is 0 Å². The molecule has 3 N–H and O–H groups in total. The molecule has 0 aliphatic heterocycles. The Labute approximate surface area is 97.6 Å². The fraction of sp³-hybridized carbons (Fsp3) is 0.917. The third-order valence-electron chi connectivity index (χ3n) is 3.68. The summed E-state index contributed by atoms with van der Waals surface area (Å²) in [6.45, 7) is 0.495. The number of nitrogens with zero attached hydrogens (tertiary/aromatic N) is 1. The number of hydrogen-bond acceptors (Lipinski definition) is 3. The number of nitrogens with one attached hydrogen (secondary N) is 1. The van der Waals surface area contributed by atoms with E-state index in [1.165, 1.54) is 12.8 Å². The van der Waals surface area contributed by atoms with Crippen LogP contribution in [0.5, 0.6) is 0 Å². The van der Waals surface area contributed by atoms with E-state index < -0.39 is 0 Å². The van der Waals surface area contributed by atoms with Crippen LogP contribution in [0.25, 0.3) is 0 Å². The van der Waals surface area contributed by atoms with E-state index >= 15 is 0 Å². The van der Waals surface area contributed by atoms with Crippen molar-refractivity contribution < 1.29 is 4.79 Å². The zero-order valence-electron chi connectivity index (χ0n) is 10.1. The average Bonchev–Trinajstić information content (AvgIpc) is 3.01. The molecule has 0 heterocycles. The highest BCUT2D eigenvalue weighted by atomic mass is 16.2. The first kappa shape index (κ1) is 11.9. The molecule has 16 heavy (non-hydrogen) atoms. The monoisotopic (exact) mass is 225 g/mol. The van der Waals surface area contributed by atoms with Gasteiger partial charge in [0.1, 0.15) is 0 Å². The lowest BCUT2D eigenvalue weighted by Crippen LogP contribution is -2.50. The Hall–Kier alpha value is -0.610. The Kier molecular flexibility index (Phi) is 3.82. The minimum Gasteiger partial charge on any atom is -0.352 e. The van der Waals surface area contributed by atoms with Gasteiger partial charge in [-0.2, -0.15) is 0 Å². The van der Waals surface area contributed by atoms with Gasteiger partial charge in [0.15, 0.2) is 0 Å². The summed E-state index contributed by atoms with van der Waals surface area (Å²) in [6, 6.07) is 1.09. The van der Waals surface area contributed by atoms with Crippen LogP contribution in [0.2, 0.25) is 0 Å². The first-order valence-electron chi connectivity index (χ1n) is 6.42. The van der Waals surface area contributed by atoms with Crippen LogP contribution in [0.15, 0.2) is 0 Å². The first-order valence-corrected chi connectivity index (χ1v) is 6.42. The van der Waals surface area contributed by atoms with Gasteiger partial charge in [0.05, 0.1) is 6.54 Å². The van der Waals surface area contributed by atoms with Gasteiger partial charge in [-0.05, 0) is 32.7 Å². The molecule has 2 rings (SSSR count). The third kappa shape index (κ3) is 3.19. The van der Waals surface area contributed by atoms with Gasteiger partial charge in [-0.15, -0.1) is 0 Å². The highest BCUT2D eigenvalue weighted by Gasteiger charge is 2.28. The summed E-state index contributed by atoms with van der Waals surface area (Å²) in [4.78, 5) is 13.8. The molecule has 4 heteroatoms. The van der Waals surface area contributed by atoms with Crippen LogP contribution in [-0.2, 0) is 4.79 Å². The summed E-state index contributed by atoms with van der Waals surface area (Å²) < 4.78 is 0. The largest absolute Gasteiger partial charge is 0.352 e. The second-order valence-corrected chi connectivity index (χ2v) is 5.27. The van der Waals surface area contributed by atoms with Crippen molar-refractivity contribution in [3.63, 3.8) is 0 Å². The topological polar surface area (TPSA) is 58.4 Å². The molecule has 0 bridgehead atoms. The van der Waals surface area contributed by atoms with E-state index in [4.69, 9.17) is 5.73 Å². The van der Waals surface area contributed by atoms with Gasteiger partial charge in [-0.3, -0.25) is 9.69 Å². The summed E-state index contributed by atoms with van der Waals surface area (Å²) in [5.74, 6) is 0.155. The maximum atomic E-state index is 11.7. The second-order valence-electron chi connectivity index (χ2n) is 5.27. The standard InChI is InChI=1S/C12H23N3O/c1-15(8-12(16)14-9-6-7-9)11-5-3-2-4-10(11)13/h9-11H,2-8,13H2,1H3,(H,14,16). The molecular formula is C12H23N3O. The molecule has 1 amide bonds. The predicted molar refractivity (Wildman–Crippen MR) is 64.0 cm³/mol. The van der Waals surface area contributed by atoms with Crippen LogP contribution in [0.4, 0.5) is 0 Å². The normalized spacial score (nSPS) is 30.4. The van der Waals surface area contributed by atoms with Crippen LogP contribution in [0.1, 0.15) is 38.5 Å². The van der Waals surface area contributed by atoms with Crippen LogP contribution in [0.3, 0.4) is 0 Å². The van der Waals surface area contributed by atoms with E-state index in [-0.39, 0.29) is 11.9 Å². The highest BCUT2D eigenvalue weighted by molar-refractivity contribution is 5.78. The van der Waals surface area contributed by atoms with E-state index in [1.807, 2.05) is 7.05 Å². The molecule has 0 spiro atoms. The summed E-state index contributed by atoms with van der Waals surface area (Å²) >= 11 is 0. The second kappa shape index (κ2) is 5.15. The summed E-state index contributed by atoms with van der Waals surface area (Å²) in [7, 11) is 2.02. The van der Waals surface area contributed by atoms with Gasteiger partial charge >= 0.3 is 0 Å². The van der Waals surface area contributed by atoms with Crippen molar-refractivity contribution in [2.75, 3.05) is 13.6 Å². The molecule has 4 nitrogen and oxygen atoms in total. The number of carbonyl (C=O) groups is 1. The predicted octanol–water partition coefficient (Wildman–Crippen LogP) is 0.467. The zero-order chi connectivity index (χ0) is 11.5. The summed E-state index contributed by atoms with van der Waals surface area (Å²) in [5.41, 5.74) is 6.10. The van der Waals surface area contributed by atoms with Gasteiger partial charge < -0.3 is 11.1 Å². The Balaban J connectivity index is 1.76. The van der Waals surface area contributed by atoms with Crippen molar-refractivity contribution in [2.24, 2.45) is 5.73 Å². The minimum atomic E-state index is 0.155. The van der Waals surface area contributed by atoms with E-state index in [0.29, 0.717) is 18.6 Å². The van der Waals surface area contributed by atoms with Gasteiger partial charge in [-0.1, -0.05) is 12.8 Å². The molecule has 2 saturated carbocycles. The third-order valence-corrected chi connectivity index (χ3v) is 3.68. The molecule has 2 atom stereocenters. The SMILES string of the molecule is CN(CC(=O)NC1CC1)C1CCCCC1N. The number of rotatable bonds is 4. The van der Waals surface area contributed by atoms with Crippen molar-refractivity contribution >= 4 is 5.91 Å². The molecule has 2 fully saturated rings. The fourth-order valence-corrected chi connectivity index (χ4v) is 2.53. The van der Waals surface area contributed by atoms with Gasteiger partial charge in [-0.25, -0.2) is 0 Å². The van der Waals surface area contributed by atoms with E-state index in [0.717, 1.165) is 25.7 Å². The van der Waals surface area contributed by atoms with Crippen molar-refractivity contribution in [3.05, 3.63) is 0 Å². The van der Waals surface area contributed by atoms with Crippen molar-refractivity contribution in [3.8, 4) is 0 Å². The number of likely N-dealkylation sites (N-methyl/N-ethyl adjacent to an activating group) is 1. The molecule has 2 aliphatic rings. The van der Waals surface area contributed by atoms with E-state index in [1.54, 1.807) is 0 Å². The Morgan fingerprint density at radius 1 is 1.31 bits per heavy atom. The first-order chi connectivity index (χ1) is 7.66. The lowest BCUT2D eigenvalue weighted by Gasteiger charge is -2.35. The molecule has 0 saturated heterocycles. The quantitative estimate of drug-likeness (QED) is 0.731. The van der Waals surface area contributed by atoms with E-state index in [9.17, 15) is 4.79 Å². The Morgan fingerprint density at radius 3 is 2.62 bits per heavy atom.